The first kappa shape index (κ1) is 13.6. The van der Waals surface area contributed by atoms with Crippen molar-refractivity contribution in [3.63, 3.8) is 0 Å². The number of nitro groups is 1. The minimum Gasteiger partial charge on any atom is -0.506 e. The third-order valence-corrected chi connectivity index (χ3v) is 3.95. The quantitative estimate of drug-likeness (QED) is 0.426. The number of fused-ring (bicyclic) bond motifs is 1. The number of phenols is 1. The van der Waals surface area contributed by atoms with Crippen molar-refractivity contribution in [1.82, 2.24) is 4.98 Å². The van der Waals surface area contributed by atoms with Crippen LogP contribution in [0.1, 0.15) is 0 Å². The van der Waals surface area contributed by atoms with Crippen LogP contribution in [0, 0.1) is 10.1 Å². The zero-order valence-corrected chi connectivity index (χ0v) is 12.0. The van der Waals surface area contributed by atoms with E-state index in [4.69, 9.17) is 11.6 Å². The maximum atomic E-state index is 10.6. The van der Waals surface area contributed by atoms with Crippen LogP contribution < -0.4 is 5.32 Å². The maximum Gasteiger partial charge on any atom is 0.273 e. The highest BCUT2D eigenvalue weighted by Crippen LogP contribution is 2.34. The van der Waals surface area contributed by atoms with Crippen LogP contribution in [0.3, 0.4) is 0 Å². The molecule has 0 saturated carbocycles. The number of thiazole rings is 1. The molecule has 6 nitrogen and oxygen atoms in total. The summed E-state index contributed by atoms with van der Waals surface area (Å²) < 4.78 is 0.909. The van der Waals surface area contributed by atoms with Gasteiger partial charge in [-0.05, 0) is 24.3 Å². The van der Waals surface area contributed by atoms with Crippen LogP contribution in [0.25, 0.3) is 10.2 Å². The Morgan fingerprint density at radius 3 is 2.81 bits per heavy atom. The third kappa shape index (κ3) is 2.74. The largest absolute Gasteiger partial charge is 0.506 e. The standard InChI is InChI=1S/C13H8ClN3O3S/c14-7-1-3-10-12(5-7)21-13(16-10)15-9-4-2-8(17(19)20)6-11(9)18/h1-6,18H,(H,15,16). The average molecular weight is 322 g/mol. The number of non-ortho nitro benzene ring substituents is 1. The van der Waals surface area contributed by atoms with E-state index in [1.165, 1.54) is 23.5 Å². The highest BCUT2D eigenvalue weighted by Gasteiger charge is 2.12. The summed E-state index contributed by atoms with van der Waals surface area (Å²) in [4.78, 5) is 14.4. The highest BCUT2D eigenvalue weighted by molar-refractivity contribution is 7.22. The van der Waals surface area contributed by atoms with Gasteiger partial charge in [-0.3, -0.25) is 10.1 Å². The van der Waals surface area contributed by atoms with Crippen molar-refractivity contribution in [2.24, 2.45) is 0 Å². The van der Waals surface area contributed by atoms with Crippen LogP contribution in [-0.4, -0.2) is 15.0 Å². The second-order valence-electron chi connectivity index (χ2n) is 4.21. The Morgan fingerprint density at radius 2 is 2.10 bits per heavy atom. The Kier molecular flexibility index (Phi) is 3.36. The number of anilines is 2. The molecule has 0 aliphatic rings. The molecule has 0 atom stereocenters. The van der Waals surface area contributed by atoms with Crippen molar-refractivity contribution in [3.8, 4) is 5.75 Å². The number of benzene rings is 2. The van der Waals surface area contributed by atoms with Crippen LogP contribution in [-0.2, 0) is 0 Å². The van der Waals surface area contributed by atoms with Crippen LogP contribution in [0.5, 0.6) is 5.75 Å². The van der Waals surface area contributed by atoms with Gasteiger partial charge in [-0.25, -0.2) is 4.98 Å². The van der Waals surface area contributed by atoms with E-state index in [2.05, 4.69) is 10.3 Å². The van der Waals surface area contributed by atoms with Gasteiger partial charge < -0.3 is 10.4 Å². The Hall–Kier alpha value is -2.38. The van der Waals surface area contributed by atoms with Crippen molar-refractivity contribution < 1.29 is 10.0 Å². The summed E-state index contributed by atoms with van der Waals surface area (Å²) in [7, 11) is 0. The molecule has 0 saturated heterocycles. The number of phenolic OH excluding ortho intramolecular Hbond substituents is 1. The molecule has 106 valence electrons. The molecule has 0 aliphatic carbocycles. The van der Waals surface area contributed by atoms with Crippen LogP contribution >= 0.6 is 22.9 Å². The van der Waals surface area contributed by atoms with Gasteiger partial charge in [-0.15, -0.1) is 0 Å². The number of nitro benzene ring substituents is 1. The molecule has 3 aromatic rings. The summed E-state index contributed by atoms with van der Waals surface area (Å²) in [5, 5.41) is 24.6. The molecule has 1 heterocycles. The second kappa shape index (κ2) is 5.19. The van der Waals surface area contributed by atoms with E-state index < -0.39 is 4.92 Å². The molecule has 1 aromatic heterocycles. The van der Waals surface area contributed by atoms with Gasteiger partial charge in [0, 0.05) is 11.1 Å². The smallest absolute Gasteiger partial charge is 0.273 e. The molecule has 3 rings (SSSR count). The van der Waals surface area contributed by atoms with Gasteiger partial charge in [-0.2, -0.15) is 0 Å². The predicted molar refractivity (Wildman–Crippen MR) is 82.7 cm³/mol. The third-order valence-electron chi connectivity index (χ3n) is 2.78. The Labute approximate surface area is 127 Å². The monoisotopic (exact) mass is 321 g/mol. The molecule has 0 fully saturated rings. The van der Waals surface area contributed by atoms with Gasteiger partial charge in [-0.1, -0.05) is 22.9 Å². The molecule has 2 N–H and O–H groups in total. The summed E-state index contributed by atoms with van der Waals surface area (Å²) in [6.45, 7) is 0. The molecule has 8 heteroatoms. The molecule has 21 heavy (non-hydrogen) atoms. The lowest BCUT2D eigenvalue weighted by molar-refractivity contribution is -0.384. The molecule has 0 amide bonds. The minimum absolute atomic E-state index is 0.172. The fourth-order valence-electron chi connectivity index (χ4n) is 1.81. The number of rotatable bonds is 3. The lowest BCUT2D eigenvalue weighted by atomic mass is 10.2. The topological polar surface area (TPSA) is 88.3 Å². The molecule has 0 spiro atoms. The predicted octanol–water partition coefficient (Wildman–Crippen LogP) is 4.31. The van der Waals surface area contributed by atoms with Gasteiger partial charge in [0.1, 0.15) is 5.75 Å². The van der Waals surface area contributed by atoms with E-state index in [0.29, 0.717) is 15.8 Å². The van der Waals surface area contributed by atoms with Crippen molar-refractivity contribution >= 4 is 49.7 Å². The lowest BCUT2D eigenvalue weighted by Crippen LogP contribution is -1.92. The van der Waals surface area contributed by atoms with Gasteiger partial charge >= 0.3 is 0 Å². The zero-order valence-electron chi connectivity index (χ0n) is 10.4. The highest BCUT2D eigenvalue weighted by atomic mass is 35.5. The number of nitrogens with one attached hydrogen (secondary N) is 1. The number of halogens is 1. The first-order valence-corrected chi connectivity index (χ1v) is 7.03. The van der Waals surface area contributed by atoms with E-state index in [1.54, 1.807) is 18.2 Å². The summed E-state index contributed by atoms with van der Waals surface area (Å²) in [6, 6.07) is 9.19. The Bertz CT molecular complexity index is 850. The van der Waals surface area contributed by atoms with Crippen molar-refractivity contribution in [2.75, 3.05) is 5.32 Å². The normalized spacial score (nSPS) is 10.7. The molecule has 0 radical (unpaired) electrons. The summed E-state index contributed by atoms with van der Waals surface area (Å²) in [5.41, 5.74) is 0.966. The maximum absolute atomic E-state index is 10.6. The van der Waals surface area contributed by atoms with Crippen LogP contribution in [0.4, 0.5) is 16.5 Å². The SMILES string of the molecule is O=[N+]([O-])c1ccc(Nc2nc3ccc(Cl)cc3s2)c(O)c1. The van der Waals surface area contributed by atoms with E-state index >= 15 is 0 Å². The van der Waals surface area contributed by atoms with E-state index in [-0.39, 0.29) is 11.4 Å². The van der Waals surface area contributed by atoms with Gasteiger partial charge in [0.2, 0.25) is 0 Å². The minimum atomic E-state index is -0.566. The average Bonchev–Trinajstić information content (AvgIpc) is 2.82. The summed E-state index contributed by atoms with van der Waals surface area (Å²) in [5.74, 6) is -0.207. The fraction of sp³-hybridized carbons (Fsp3) is 0. The molecule has 0 unspecified atom stereocenters. The van der Waals surface area contributed by atoms with E-state index in [9.17, 15) is 15.2 Å². The van der Waals surface area contributed by atoms with Gasteiger partial charge in [0.05, 0.1) is 26.9 Å². The fourth-order valence-corrected chi connectivity index (χ4v) is 2.96. The first-order chi connectivity index (χ1) is 10.0. The number of hydrogen-bond donors (Lipinski definition) is 2. The van der Waals surface area contributed by atoms with E-state index in [1.807, 2.05) is 0 Å². The molecule has 0 bridgehead atoms. The summed E-state index contributed by atoms with van der Waals surface area (Å²) >= 11 is 7.29. The second-order valence-corrected chi connectivity index (χ2v) is 5.68. The van der Waals surface area contributed by atoms with Crippen LogP contribution in [0.15, 0.2) is 36.4 Å². The molecule has 2 aromatic carbocycles. The van der Waals surface area contributed by atoms with Crippen molar-refractivity contribution in [2.45, 2.75) is 0 Å². The molecular formula is C13H8ClN3O3S. The number of nitrogens with zero attached hydrogens (tertiary/aromatic N) is 2. The van der Waals surface area contributed by atoms with Gasteiger partial charge in [0.25, 0.3) is 5.69 Å². The molecular weight excluding hydrogens is 314 g/mol. The Balaban J connectivity index is 1.93. The molecule has 0 aliphatic heterocycles. The van der Waals surface area contributed by atoms with Crippen molar-refractivity contribution in [3.05, 3.63) is 51.5 Å². The van der Waals surface area contributed by atoms with Gasteiger partial charge in [0.15, 0.2) is 5.13 Å². The first-order valence-electron chi connectivity index (χ1n) is 5.83. The zero-order chi connectivity index (χ0) is 15.0. The Morgan fingerprint density at radius 1 is 1.29 bits per heavy atom. The number of hydrogen-bond acceptors (Lipinski definition) is 6. The lowest BCUT2D eigenvalue weighted by Gasteiger charge is -2.04. The van der Waals surface area contributed by atoms with Crippen molar-refractivity contribution in [1.29, 1.82) is 0 Å². The number of aromatic nitrogens is 1. The van der Waals surface area contributed by atoms with E-state index in [0.717, 1.165) is 16.3 Å². The van der Waals surface area contributed by atoms with Crippen LogP contribution in [0.2, 0.25) is 5.02 Å². The summed E-state index contributed by atoms with van der Waals surface area (Å²) in [6.07, 6.45) is 0. The number of aromatic hydroxyl groups is 1.